The summed E-state index contributed by atoms with van der Waals surface area (Å²) in [6.07, 6.45) is 3.60. The highest BCUT2D eigenvalue weighted by Crippen LogP contribution is 2.31. The zero-order chi connectivity index (χ0) is 26.0. The normalized spacial score (nSPS) is 11.5. The molecule has 0 fully saturated rings. The van der Waals surface area contributed by atoms with Crippen LogP contribution in [0.25, 0.3) is 10.9 Å². The maximum Gasteiger partial charge on any atom is 0.336 e. The van der Waals surface area contributed by atoms with Gasteiger partial charge in [-0.05, 0) is 71.0 Å². The third-order valence-electron chi connectivity index (χ3n) is 6.21. The average molecular weight is 512 g/mol. The number of carbonyl (C=O) groups is 1. The second kappa shape index (κ2) is 9.95. The molecule has 186 valence electrons. The molecule has 7 heteroatoms. The fraction of sp³-hybridized carbons (Fsp3) is 0.100. The van der Waals surface area contributed by atoms with Crippen molar-refractivity contribution in [3.05, 3.63) is 126 Å². The predicted octanol–water partition coefficient (Wildman–Crippen LogP) is 6.17. The van der Waals surface area contributed by atoms with Gasteiger partial charge >= 0.3 is 5.97 Å². The van der Waals surface area contributed by atoms with Crippen LogP contribution in [0.4, 0.5) is 0 Å². The van der Waals surface area contributed by atoms with E-state index in [0.29, 0.717) is 12.0 Å². The molecule has 0 bridgehead atoms. The lowest BCUT2D eigenvalue weighted by Crippen LogP contribution is -2.05. The number of rotatable bonds is 8. The van der Waals surface area contributed by atoms with E-state index >= 15 is 0 Å². The van der Waals surface area contributed by atoms with Crippen LogP contribution in [0, 0.1) is 0 Å². The van der Waals surface area contributed by atoms with Gasteiger partial charge in [0.25, 0.3) is 0 Å². The van der Waals surface area contributed by atoms with Crippen LogP contribution < -0.4 is 4.74 Å². The Morgan fingerprint density at radius 1 is 0.865 bits per heavy atom. The molecular weight excluding hydrogens is 486 g/mol. The molecule has 0 radical (unpaired) electrons. The molecule has 4 aromatic carbocycles. The Balaban J connectivity index is 1.40. The van der Waals surface area contributed by atoms with Gasteiger partial charge in [-0.25, -0.2) is 13.2 Å². The van der Waals surface area contributed by atoms with Crippen LogP contribution in [-0.4, -0.2) is 30.3 Å². The van der Waals surface area contributed by atoms with Crippen molar-refractivity contribution in [1.29, 1.82) is 0 Å². The van der Waals surface area contributed by atoms with Gasteiger partial charge in [0, 0.05) is 24.5 Å². The van der Waals surface area contributed by atoms with Gasteiger partial charge in [0.05, 0.1) is 5.56 Å². The SMILES string of the molecule is CS(=O)(=O)c1ccccc1Oc1ccc(Cc2ccc3c(ccn3Cc3ccccc3)c2)c(C(=O)O)c1. The molecule has 5 aromatic rings. The lowest BCUT2D eigenvalue weighted by molar-refractivity contribution is 0.0695. The minimum Gasteiger partial charge on any atom is -0.478 e. The number of carboxylic acid groups (broad SMARTS) is 1. The van der Waals surface area contributed by atoms with Crippen LogP contribution in [-0.2, 0) is 22.8 Å². The highest BCUT2D eigenvalue weighted by molar-refractivity contribution is 7.90. The number of carboxylic acids is 1. The molecule has 0 atom stereocenters. The van der Waals surface area contributed by atoms with Gasteiger partial charge in [-0.1, -0.05) is 54.6 Å². The summed E-state index contributed by atoms with van der Waals surface area (Å²) in [5.41, 5.74) is 4.06. The fourth-order valence-corrected chi connectivity index (χ4v) is 5.24. The standard InChI is InChI=1S/C30H25NO5S/c1-37(34,35)29-10-6-5-9-28(29)36-25-13-12-23(26(19-25)30(32)33)17-22-11-14-27-24(18-22)15-16-31(27)20-21-7-3-2-4-8-21/h2-16,18-19H,17,20H2,1H3,(H,32,33). The van der Waals surface area contributed by atoms with Crippen molar-refractivity contribution in [3.8, 4) is 11.5 Å². The van der Waals surface area contributed by atoms with E-state index in [-0.39, 0.29) is 22.0 Å². The van der Waals surface area contributed by atoms with Crippen molar-refractivity contribution in [2.24, 2.45) is 0 Å². The molecule has 0 aliphatic rings. The van der Waals surface area contributed by atoms with Gasteiger partial charge in [0.15, 0.2) is 9.84 Å². The number of benzene rings is 4. The second-order valence-electron chi connectivity index (χ2n) is 8.94. The van der Waals surface area contributed by atoms with Gasteiger partial charge in [0.2, 0.25) is 0 Å². The summed E-state index contributed by atoms with van der Waals surface area (Å²) in [6, 6.07) is 29.6. The average Bonchev–Trinajstić information content (AvgIpc) is 3.27. The molecule has 6 nitrogen and oxygen atoms in total. The number of para-hydroxylation sites is 1. The second-order valence-corrected chi connectivity index (χ2v) is 10.9. The number of hydrogen-bond donors (Lipinski definition) is 1. The minimum absolute atomic E-state index is 0.0449. The Morgan fingerprint density at radius 3 is 2.38 bits per heavy atom. The molecule has 1 heterocycles. The van der Waals surface area contributed by atoms with Crippen LogP contribution in [0.5, 0.6) is 11.5 Å². The van der Waals surface area contributed by atoms with Gasteiger partial charge in [-0.15, -0.1) is 0 Å². The summed E-state index contributed by atoms with van der Waals surface area (Å²) >= 11 is 0. The Morgan fingerprint density at radius 2 is 1.62 bits per heavy atom. The Kier molecular flexibility index (Phi) is 6.54. The number of aromatic carboxylic acids is 1. The zero-order valence-corrected chi connectivity index (χ0v) is 21.0. The molecule has 0 saturated heterocycles. The Labute approximate surface area is 215 Å². The van der Waals surface area contributed by atoms with Crippen LogP contribution in [0.2, 0.25) is 0 Å². The van der Waals surface area contributed by atoms with Crippen molar-refractivity contribution in [2.75, 3.05) is 6.26 Å². The minimum atomic E-state index is -3.51. The summed E-state index contributed by atoms with van der Waals surface area (Å²) < 4.78 is 32.2. The lowest BCUT2D eigenvalue weighted by atomic mass is 9.98. The van der Waals surface area contributed by atoms with Gasteiger partial charge in [-0.2, -0.15) is 0 Å². The molecule has 1 aromatic heterocycles. The van der Waals surface area contributed by atoms with E-state index in [1.165, 1.54) is 17.7 Å². The summed E-state index contributed by atoms with van der Waals surface area (Å²) in [5, 5.41) is 11.0. The number of aromatic nitrogens is 1. The van der Waals surface area contributed by atoms with Crippen LogP contribution in [0.3, 0.4) is 0 Å². The molecule has 0 aliphatic heterocycles. The molecule has 0 unspecified atom stereocenters. The van der Waals surface area contributed by atoms with E-state index in [1.54, 1.807) is 30.3 Å². The third kappa shape index (κ3) is 5.42. The third-order valence-corrected chi connectivity index (χ3v) is 7.35. The van der Waals surface area contributed by atoms with Crippen molar-refractivity contribution < 1.29 is 23.1 Å². The first-order valence-electron chi connectivity index (χ1n) is 11.7. The molecule has 5 rings (SSSR count). The van der Waals surface area contributed by atoms with Gasteiger partial charge in [-0.3, -0.25) is 0 Å². The monoisotopic (exact) mass is 511 g/mol. The Bertz CT molecular complexity index is 1710. The highest BCUT2D eigenvalue weighted by atomic mass is 32.2. The van der Waals surface area contributed by atoms with E-state index in [1.807, 2.05) is 24.3 Å². The number of fused-ring (bicyclic) bond motifs is 1. The van der Waals surface area contributed by atoms with E-state index in [9.17, 15) is 18.3 Å². The summed E-state index contributed by atoms with van der Waals surface area (Å²) in [7, 11) is -3.51. The molecule has 0 spiro atoms. The van der Waals surface area contributed by atoms with E-state index in [0.717, 1.165) is 29.3 Å². The smallest absolute Gasteiger partial charge is 0.336 e. The number of hydrogen-bond acceptors (Lipinski definition) is 4. The fourth-order valence-electron chi connectivity index (χ4n) is 4.44. The van der Waals surface area contributed by atoms with E-state index in [4.69, 9.17) is 4.74 Å². The van der Waals surface area contributed by atoms with Crippen LogP contribution >= 0.6 is 0 Å². The zero-order valence-electron chi connectivity index (χ0n) is 20.2. The first-order valence-corrected chi connectivity index (χ1v) is 13.6. The van der Waals surface area contributed by atoms with E-state index < -0.39 is 15.8 Å². The number of ether oxygens (including phenoxy) is 1. The topological polar surface area (TPSA) is 85.6 Å². The van der Waals surface area contributed by atoms with E-state index in [2.05, 4.69) is 41.1 Å². The summed E-state index contributed by atoms with van der Waals surface area (Å²) in [4.78, 5) is 12.1. The molecular formula is C30H25NO5S. The Hall–Kier alpha value is -4.36. The molecule has 1 N–H and O–H groups in total. The quantitative estimate of drug-likeness (QED) is 0.269. The van der Waals surface area contributed by atoms with Crippen LogP contribution in [0.1, 0.15) is 27.0 Å². The summed E-state index contributed by atoms with van der Waals surface area (Å²) in [6.45, 7) is 0.775. The largest absolute Gasteiger partial charge is 0.478 e. The number of nitrogens with zero attached hydrogens (tertiary/aromatic N) is 1. The molecule has 0 amide bonds. The van der Waals surface area contributed by atoms with Crippen molar-refractivity contribution in [3.63, 3.8) is 0 Å². The van der Waals surface area contributed by atoms with Crippen molar-refractivity contribution in [1.82, 2.24) is 4.57 Å². The molecule has 0 saturated carbocycles. The van der Waals surface area contributed by atoms with Crippen LogP contribution in [0.15, 0.2) is 108 Å². The maximum absolute atomic E-state index is 12.1. The highest BCUT2D eigenvalue weighted by Gasteiger charge is 2.17. The summed E-state index contributed by atoms with van der Waals surface area (Å²) in [5.74, 6) is -0.669. The number of sulfone groups is 1. The molecule has 0 aliphatic carbocycles. The first kappa shape index (κ1) is 24.3. The maximum atomic E-state index is 12.1. The van der Waals surface area contributed by atoms with Crippen molar-refractivity contribution >= 4 is 26.7 Å². The molecule has 37 heavy (non-hydrogen) atoms. The van der Waals surface area contributed by atoms with Gasteiger partial charge < -0.3 is 14.4 Å². The predicted molar refractivity (Wildman–Crippen MR) is 143 cm³/mol. The van der Waals surface area contributed by atoms with Crippen molar-refractivity contribution in [2.45, 2.75) is 17.9 Å². The lowest BCUT2D eigenvalue weighted by Gasteiger charge is -2.13. The van der Waals surface area contributed by atoms with Gasteiger partial charge in [0.1, 0.15) is 16.4 Å². The first-order chi connectivity index (χ1) is 17.8.